The van der Waals surface area contributed by atoms with Gasteiger partial charge in [0.1, 0.15) is 0 Å². The maximum absolute atomic E-state index is 5.26. The van der Waals surface area contributed by atoms with Gasteiger partial charge in [-0.25, -0.2) is 0 Å². The molecular weight excluding hydrogens is 166 g/mol. The summed E-state index contributed by atoms with van der Waals surface area (Å²) >= 11 is 0. The standard InChI is InChI=1S/C10H17NO2/c1-8(12-3)10(11-2)6-9-4-5-13-7-9/h4-5,7-8,10-11H,6H2,1-3H3. The minimum Gasteiger partial charge on any atom is -0.472 e. The summed E-state index contributed by atoms with van der Waals surface area (Å²) in [7, 11) is 3.67. The van der Waals surface area contributed by atoms with Gasteiger partial charge in [-0.1, -0.05) is 0 Å². The van der Waals surface area contributed by atoms with E-state index in [0.29, 0.717) is 6.04 Å². The third kappa shape index (κ3) is 2.86. The summed E-state index contributed by atoms with van der Waals surface area (Å²) in [5.41, 5.74) is 1.20. The average Bonchev–Trinajstić information content (AvgIpc) is 2.65. The Balaban J connectivity index is 2.49. The van der Waals surface area contributed by atoms with Gasteiger partial charge in [0.2, 0.25) is 0 Å². The fraction of sp³-hybridized carbons (Fsp3) is 0.600. The van der Waals surface area contributed by atoms with Gasteiger partial charge in [0.15, 0.2) is 0 Å². The van der Waals surface area contributed by atoms with Gasteiger partial charge in [0.25, 0.3) is 0 Å². The van der Waals surface area contributed by atoms with Crippen molar-refractivity contribution >= 4 is 0 Å². The first kappa shape index (κ1) is 10.3. The van der Waals surface area contributed by atoms with Crippen molar-refractivity contribution in [1.29, 1.82) is 0 Å². The Morgan fingerprint density at radius 2 is 2.38 bits per heavy atom. The molecule has 1 heterocycles. The molecule has 1 rings (SSSR count). The Hall–Kier alpha value is -0.800. The predicted octanol–water partition coefficient (Wildman–Crippen LogP) is 1.44. The van der Waals surface area contributed by atoms with E-state index >= 15 is 0 Å². The van der Waals surface area contributed by atoms with Gasteiger partial charge >= 0.3 is 0 Å². The SMILES string of the molecule is CNC(Cc1ccoc1)C(C)OC. The Labute approximate surface area is 79.1 Å². The Bertz CT molecular complexity index is 221. The molecule has 2 atom stereocenters. The number of nitrogens with one attached hydrogen (secondary N) is 1. The highest BCUT2D eigenvalue weighted by molar-refractivity contribution is 5.07. The second-order valence-electron chi connectivity index (χ2n) is 3.17. The third-order valence-electron chi connectivity index (χ3n) is 2.34. The molecule has 0 amide bonds. The van der Waals surface area contributed by atoms with Gasteiger partial charge < -0.3 is 14.5 Å². The van der Waals surface area contributed by atoms with E-state index in [1.54, 1.807) is 19.6 Å². The second-order valence-corrected chi connectivity index (χ2v) is 3.17. The smallest absolute Gasteiger partial charge is 0.0935 e. The van der Waals surface area contributed by atoms with Crippen LogP contribution >= 0.6 is 0 Å². The van der Waals surface area contributed by atoms with Crippen LogP contribution in [0.5, 0.6) is 0 Å². The Morgan fingerprint density at radius 1 is 1.62 bits per heavy atom. The summed E-state index contributed by atoms with van der Waals surface area (Å²) in [5, 5.41) is 3.22. The van der Waals surface area contributed by atoms with E-state index in [4.69, 9.17) is 9.15 Å². The van der Waals surface area contributed by atoms with Gasteiger partial charge in [-0.3, -0.25) is 0 Å². The number of ether oxygens (including phenoxy) is 1. The summed E-state index contributed by atoms with van der Waals surface area (Å²) in [6.07, 6.45) is 4.61. The lowest BCUT2D eigenvalue weighted by Crippen LogP contribution is -2.38. The fourth-order valence-electron chi connectivity index (χ4n) is 1.33. The van der Waals surface area contributed by atoms with Crippen molar-refractivity contribution in [3.8, 4) is 0 Å². The number of hydrogen-bond acceptors (Lipinski definition) is 3. The molecule has 0 saturated heterocycles. The van der Waals surface area contributed by atoms with E-state index in [0.717, 1.165) is 6.42 Å². The molecule has 0 spiro atoms. The van der Waals surface area contributed by atoms with Gasteiger partial charge in [0.05, 0.1) is 18.6 Å². The van der Waals surface area contributed by atoms with Crippen LogP contribution in [-0.4, -0.2) is 26.3 Å². The van der Waals surface area contributed by atoms with Crippen LogP contribution in [-0.2, 0) is 11.2 Å². The van der Waals surface area contributed by atoms with Crippen molar-refractivity contribution in [3.63, 3.8) is 0 Å². The number of rotatable bonds is 5. The molecule has 1 aromatic rings. The zero-order chi connectivity index (χ0) is 9.68. The summed E-state index contributed by atoms with van der Waals surface area (Å²) in [6.45, 7) is 2.06. The van der Waals surface area contributed by atoms with Crippen LogP contribution in [0.2, 0.25) is 0 Å². The number of likely N-dealkylation sites (N-methyl/N-ethyl adjacent to an activating group) is 1. The van der Waals surface area contributed by atoms with E-state index in [-0.39, 0.29) is 6.10 Å². The van der Waals surface area contributed by atoms with E-state index in [1.165, 1.54) is 5.56 Å². The van der Waals surface area contributed by atoms with Gasteiger partial charge in [0, 0.05) is 13.2 Å². The molecule has 3 heteroatoms. The van der Waals surface area contributed by atoms with Crippen molar-refractivity contribution in [2.75, 3.05) is 14.2 Å². The normalized spacial score (nSPS) is 15.6. The summed E-state index contributed by atoms with van der Waals surface area (Å²) in [5.74, 6) is 0. The molecule has 0 fully saturated rings. The zero-order valence-electron chi connectivity index (χ0n) is 8.41. The van der Waals surface area contributed by atoms with E-state index in [2.05, 4.69) is 12.2 Å². The van der Waals surface area contributed by atoms with Crippen LogP contribution in [0.1, 0.15) is 12.5 Å². The maximum atomic E-state index is 5.26. The van der Waals surface area contributed by atoms with E-state index in [9.17, 15) is 0 Å². The van der Waals surface area contributed by atoms with E-state index in [1.807, 2.05) is 13.1 Å². The molecule has 1 N–H and O–H groups in total. The van der Waals surface area contributed by atoms with Crippen molar-refractivity contribution < 1.29 is 9.15 Å². The molecule has 0 saturated carbocycles. The minimum absolute atomic E-state index is 0.208. The van der Waals surface area contributed by atoms with Crippen molar-refractivity contribution in [2.24, 2.45) is 0 Å². The average molecular weight is 183 g/mol. The van der Waals surface area contributed by atoms with Crippen LogP contribution < -0.4 is 5.32 Å². The molecule has 3 nitrogen and oxygen atoms in total. The summed E-state index contributed by atoms with van der Waals surface area (Å²) in [6, 6.07) is 2.31. The van der Waals surface area contributed by atoms with Crippen molar-refractivity contribution in [3.05, 3.63) is 24.2 Å². The molecule has 0 aliphatic rings. The molecule has 0 aliphatic heterocycles. The van der Waals surface area contributed by atoms with Crippen LogP contribution in [0.25, 0.3) is 0 Å². The highest BCUT2D eigenvalue weighted by Gasteiger charge is 2.15. The molecule has 1 aromatic heterocycles. The highest BCUT2D eigenvalue weighted by atomic mass is 16.5. The molecule has 0 aromatic carbocycles. The predicted molar refractivity (Wildman–Crippen MR) is 51.7 cm³/mol. The fourth-order valence-corrected chi connectivity index (χ4v) is 1.33. The van der Waals surface area contributed by atoms with Crippen LogP contribution in [0.3, 0.4) is 0 Å². The van der Waals surface area contributed by atoms with Gasteiger partial charge in [-0.05, 0) is 32.0 Å². The lowest BCUT2D eigenvalue weighted by Gasteiger charge is -2.21. The van der Waals surface area contributed by atoms with Crippen molar-refractivity contribution in [1.82, 2.24) is 5.32 Å². The first-order chi connectivity index (χ1) is 6.27. The van der Waals surface area contributed by atoms with E-state index < -0.39 is 0 Å². The number of furan rings is 1. The molecule has 0 aliphatic carbocycles. The zero-order valence-corrected chi connectivity index (χ0v) is 8.41. The third-order valence-corrected chi connectivity index (χ3v) is 2.34. The lowest BCUT2D eigenvalue weighted by molar-refractivity contribution is 0.0857. The molecule has 2 unspecified atom stereocenters. The minimum atomic E-state index is 0.208. The van der Waals surface area contributed by atoms with Crippen LogP contribution in [0, 0.1) is 0 Å². The first-order valence-electron chi connectivity index (χ1n) is 4.49. The molecular formula is C10H17NO2. The second kappa shape index (κ2) is 5.04. The number of methoxy groups -OCH3 is 1. The van der Waals surface area contributed by atoms with Gasteiger partial charge in [-0.15, -0.1) is 0 Å². The monoisotopic (exact) mass is 183 g/mol. The van der Waals surface area contributed by atoms with Gasteiger partial charge in [-0.2, -0.15) is 0 Å². The summed E-state index contributed by atoms with van der Waals surface area (Å²) in [4.78, 5) is 0. The first-order valence-corrected chi connectivity index (χ1v) is 4.49. The topological polar surface area (TPSA) is 34.4 Å². The maximum Gasteiger partial charge on any atom is 0.0935 e. The largest absolute Gasteiger partial charge is 0.472 e. The van der Waals surface area contributed by atoms with Crippen molar-refractivity contribution in [2.45, 2.75) is 25.5 Å². The highest BCUT2D eigenvalue weighted by Crippen LogP contribution is 2.08. The summed E-state index contributed by atoms with van der Waals surface area (Å²) < 4.78 is 10.3. The molecule has 0 radical (unpaired) electrons. The molecule has 74 valence electrons. The van der Waals surface area contributed by atoms with Crippen LogP contribution in [0.4, 0.5) is 0 Å². The lowest BCUT2D eigenvalue weighted by atomic mass is 10.1. The molecule has 13 heavy (non-hydrogen) atoms. The quantitative estimate of drug-likeness (QED) is 0.750. The Morgan fingerprint density at radius 3 is 2.85 bits per heavy atom. The molecule has 0 bridgehead atoms. The van der Waals surface area contributed by atoms with Crippen LogP contribution in [0.15, 0.2) is 23.0 Å². The Kier molecular flexibility index (Phi) is 3.99. The number of hydrogen-bond donors (Lipinski definition) is 1.